The van der Waals surface area contributed by atoms with Gasteiger partial charge >= 0.3 is 0 Å². The molecule has 0 saturated carbocycles. The molecule has 2 rings (SSSR count). The second-order valence-corrected chi connectivity index (χ2v) is 7.81. The molecule has 2 aliphatic rings. The van der Waals surface area contributed by atoms with Gasteiger partial charge in [-0.15, -0.1) is 0 Å². The van der Waals surface area contributed by atoms with Crippen molar-refractivity contribution in [2.75, 3.05) is 39.8 Å². The third-order valence-corrected chi connectivity index (χ3v) is 6.34. The summed E-state index contributed by atoms with van der Waals surface area (Å²) in [5, 5.41) is 3.13. The first-order valence-electron chi connectivity index (χ1n) is 10.1. The highest BCUT2D eigenvalue weighted by Gasteiger charge is 2.56. The molecular weight excluding hydrogens is 319 g/mol. The topological polar surface area (TPSA) is 61.6 Å². The van der Waals surface area contributed by atoms with Gasteiger partial charge in [-0.1, -0.05) is 46.0 Å². The molecule has 2 fully saturated rings. The zero-order valence-corrected chi connectivity index (χ0v) is 16.3. The molecule has 4 unspecified atom stereocenters. The van der Waals surface area contributed by atoms with Crippen LogP contribution in [0.2, 0.25) is 0 Å². The standard InChI is InChI=1S/C19H37FN4O/c1-4-6-7-8-9-15(5-2)19(16(20)12-22-13-17(19)21)24-11-10-23(3)18(25)14-24/h15-17,22H,4-14,21H2,1-3H3. The number of unbranched alkanes of at least 4 members (excludes halogenated alkanes) is 3. The first-order valence-corrected chi connectivity index (χ1v) is 10.1. The van der Waals surface area contributed by atoms with E-state index in [1.165, 1.54) is 19.3 Å². The number of nitrogens with one attached hydrogen (secondary N) is 1. The van der Waals surface area contributed by atoms with Crippen molar-refractivity contribution in [3.8, 4) is 0 Å². The lowest BCUT2D eigenvalue weighted by Gasteiger charge is -2.57. The highest BCUT2D eigenvalue weighted by molar-refractivity contribution is 5.78. The average Bonchev–Trinajstić information content (AvgIpc) is 2.59. The van der Waals surface area contributed by atoms with E-state index < -0.39 is 11.7 Å². The Balaban J connectivity index is 2.26. The van der Waals surface area contributed by atoms with Gasteiger partial charge in [0.2, 0.25) is 5.91 Å². The Labute approximate surface area is 152 Å². The van der Waals surface area contributed by atoms with Crippen LogP contribution in [0.5, 0.6) is 0 Å². The summed E-state index contributed by atoms with van der Waals surface area (Å²) >= 11 is 0. The van der Waals surface area contributed by atoms with Crippen LogP contribution in [0.15, 0.2) is 0 Å². The molecule has 0 spiro atoms. The number of rotatable bonds is 8. The predicted octanol–water partition coefficient (Wildman–Crippen LogP) is 1.76. The number of nitrogens with two attached hydrogens (primary N) is 1. The van der Waals surface area contributed by atoms with Gasteiger partial charge in [-0.2, -0.15) is 0 Å². The van der Waals surface area contributed by atoms with Crippen LogP contribution in [0, 0.1) is 5.92 Å². The minimum absolute atomic E-state index is 0.0735. The van der Waals surface area contributed by atoms with Crippen LogP contribution in [0.3, 0.4) is 0 Å². The van der Waals surface area contributed by atoms with Gasteiger partial charge in [0.25, 0.3) is 0 Å². The molecular formula is C19H37FN4O. The number of hydrogen-bond acceptors (Lipinski definition) is 4. The minimum Gasteiger partial charge on any atom is -0.343 e. The number of nitrogens with zero attached hydrogens (tertiary/aromatic N) is 2. The molecule has 0 radical (unpaired) electrons. The number of piperazine rings is 1. The van der Waals surface area contributed by atoms with E-state index in [0.29, 0.717) is 26.2 Å². The van der Waals surface area contributed by atoms with Crippen molar-refractivity contribution in [3.63, 3.8) is 0 Å². The third kappa shape index (κ3) is 4.17. The number of halogens is 1. The van der Waals surface area contributed by atoms with E-state index in [2.05, 4.69) is 24.1 Å². The Hall–Kier alpha value is -0.720. The summed E-state index contributed by atoms with van der Waals surface area (Å²) in [7, 11) is 1.82. The first kappa shape index (κ1) is 20.6. The van der Waals surface area contributed by atoms with Crippen LogP contribution in [0.25, 0.3) is 0 Å². The number of likely N-dealkylation sites (N-methyl/N-ethyl adjacent to an activating group) is 1. The van der Waals surface area contributed by atoms with Gasteiger partial charge in [0.1, 0.15) is 6.17 Å². The van der Waals surface area contributed by atoms with Crippen LogP contribution in [0.4, 0.5) is 4.39 Å². The van der Waals surface area contributed by atoms with Crippen molar-refractivity contribution < 1.29 is 9.18 Å². The molecule has 4 atom stereocenters. The Morgan fingerprint density at radius 1 is 1.28 bits per heavy atom. The Kier molecular flexibility index (Phi) is 7.65. The van der Waals surface area contributed by atoms with Gasteiger partial charge < -0.3 is 16.0 Å². The second kappa shape index (κ2) is 9.28. The van der Waals surface area contributed by atoms with Gasteiger partial charge in [-0.05, 0) is 12.3 Å². The lowest BCUT2D eigenvalue weighted by atomic mass is 9.68. The van der Waals surface area contributed by atoms with E-state index in [1.807, 2.05) is 7.05 Å². The SMILES string of the molecule is CCCCCCC(CC)C1(N2CCN(C)C(=O)C2)C(N)CNCC1F. The molecule has 1 amide bonds. The van der Waals surface area contributed by atoms with Crippen molar-refractivity contribution in [2.24, 2.45) is 11.7 Å². The van der Waals surface area contributed by atoms with Gasteiger partial charge in [0.05, 0.1) is 12.1 Å². The van der Waals surface area contributed by atoms with Crippen LogP contribution >= 0.6 is 0 Å². The highest BCUT2D eigenvalue weighted by Crippen LogP contribution is 2.40. The van der Waals surface area contributed by atoms with E-state index in [0.717, 1.165) is 19.3 Å². The fourth-order valence-electron chi connectivity index (χ4n) is 4.84. The van der Waals surface area contributed by atoms with E-state index in [-0.39, 0.29) is 24.4 Å². The molecule has 6 heteroatoms. The van der Waals surface area contributed by atoms with Crippen molar-refractivity contribution >= 4 is 5.91 Å². The van der Waals surface area contributed by atoms with E-state index >= 15 is 4.39 Å². The molecule has 0 aromatic rings. The van der Waals surface area contributed by atoms with Crippen LogP contribution in [0.1, 0.15) is 52.4 Å². The largest absolute Gasteiger partial charge is 0.343 e. The molecule has 0 aliphatic carbocycles. The molecule has 0 aromatic carbocycles. The maximum atomic E-state index is 15.5. The number of alkyl halides is 1. The van der Waals surface area contributed by atoms with Crippen LogP contribution in [-0.2, 0) is 4.79 Å². The average molecular weight is 357 g/mol. The first-order chi connectivity index (χ1) is 12.0. The van der Waals surface area contributed by atoms with Gasteiger partial charge in [0, 0.05) is 39.3 Å². The quantitative estimate of drug-likeness (QED) is 0.651. The number of hydrogen-bond donors (Lipinski definition) is 2. The Morgan fingerprint density at radius 2 is 2.04 bits per heavy atom. The highest BCUT2D eigenvalue weighted by atomic mass is 19.1. The summed E-state index contributed by atoms with van der Waals surface area (Å²) in [5.41, 5.74) is 5.83. The normalized spacial score (nSPS) is 32.8. The monoisotopic (exact) mass is 356 g/mol. The maximum Gasteiger partial charge on any atom is 0.236 e. The zero-order valence-electron chi connectivity index (χ0n) is 16.3. The molecule has 0 aromatic heterocycles. The summed E-state index contributed by atoms with van der Waals surface area (Å²) in [4.78, 5) is 16.2. The van der Waals surface area contributed by atoms with Crippen LogP contribution < -0.4 is 11.1 Å². The van der Waals surface area contributed by atoms with Crippen molar-refractivity contribution in [2.45, 2.75) is 70.1 Å². The lowest BCUT2D eigenvalue weighted by molar-refractivity contribution is -0.145. The molecule has 146 valence electrons. The van der Waals surface area contributed by atoms with Gasteiger partial charge in [-0.3, -0.25) is 9.69 Å². The van der Waals surface area contributed by atoms with E-state index in [1.54, 1.807) is 4.90 Å². The number of carbonyl (C=O) groups is 1. The summed E-state index contributed by atoms with van der Waals surface area (Å²) in [5.74, 6) is 0.261. The van der Waals surface area contributed by atoms with E-state index in [4.69, 9.17) is 5.73 Å². The maximum absolute atomic E-state index is 15.5. The molecule has 2 heterocycles. The Bertz CT molecular complexity index is 424. The minimum atomic E-state index is -1.04. The molecule has 2 saturated heterocycles. The predicted molar refractivity (Wildman–Crippen MR) is 100 cm³/mol. The fourth-order valence-corrected chi connectivity index (χ4v) is 4.84. The second-order valence-electron chi connectivity index (χ2n) is 7.81. The molecule has 3 N–H and O–H groups in total. The summed E-state index contributed by atoms with van der Waals surface area (Å²) in [6.07, 6.45) is 5.58. The summed E-state index contributed by atoms with van der Waals surface area (Å²) < 4.78 is 15.5. The van der Waals surface area contributed by atoms with Crippen LogP contribution in [-0.4, -0.2) is 73.2 Å². The van der Waals surface area contributed by atoms with Crippen molar-refractivity contribution in [1.82, 2.24) is 15.1 Å². The molecule has 0 bridgehead atoms. The van der Waals surface area contributed by atoms with Crippen molar-refractivity contribution in [3.05, 3.63) is 0 Å². The van der Waals surface area contributed by atoms with Gasteiger partial charge in [-0.25, -0.2) is 4.39 Å². The zero-order chi connectivity index (χ0) is 18.4. The van der Waals surface area contributed by atoms with Crippen molar-refractivity contribution in [1.29, 1.82) is 0 Å². The third-order valence-electron chi connectivity index (χ3n) is 6.34. The lowest BCUT2D eigenvalue weighted by Crippen LogP contribution is -2.77. The smallest absolute Gasteiger partial charge is 0.236 e. The Morgan fingerprint density at radius 3 is 2.64 bits per heavy atom. The fraction of sp³-hybridized carbons (Fsp3) is 0.947. The molecule has 2 aliphatic heterocycles. The summed E-state index contributed by atoms with van der Waals surface area (Å²) in [6, 6.07) is -0.288. The van der Waals surface area contributed by atoms with Gasteiger partial charge in [0.15, 0.2) is 0 Å². The molecule has 5 nitrogen and oxygen atoms in total. The number of piperidine rings is 1. The molecule has 25 heavy (non-hydrogen) atoms. The number of amides is 1. The summed E-state index contributed by atoms with van der Waals surface area (Å²) in [6.45, 7) is 6.95. The number of carbonyl (C=O) groups excluding carboxylic acids is 1. The van der Waals surface area contributed by atoms with E-state index in [9.17, 15) is 4.79 Å².